The van der Waals surface area contributed by atoms with Crippen LogP contribution in [0.5, 0.6) is 0 Å². The summed E-state index contributed by atoms with van der Waals surface area (Å²) in [5.41, 5.74) is 1.38. The zero-order valence-corrected chi connectivity index (χ0v) is 12.1. The van der Waals surface area contributed by atoms with Crippen LogP contribution >= 0.6 is 27.5 Å². The molecule has 1 N–H and O–H groups in total. The van der Waals surface area contributed by atoms with Crippen LogP contribution < -0.4 is 5.32 Å². The van der Waals surface area contributed by atoms with E-state index in [1.165, 1.54) is 0 Å². The molecule has 18 heavy (non-hydrogen) atoms. The molecule has 1 aromatic heterocycles. The molecule has 0 amide bonds. The van der Waals surface area contributed by atoms with E-state index in [1.807, 2.05) is 13.0 Å². The quantitative estimate of drug-likeness (QED) is 0.832. The zero-order valence-electron chi connectivity index (χ0n) is 9.71. The fourth-order valence-electron chi connectivity index (χ4n) is 1.81. The van der Waals surface area contributed by atoms with Gasteiger partial charge in [-0.1, -0.05) is 24.6 Å². The molecule has 1 aromatic carbocycles. The molecule has 0 spiro atoms. The van der Waals surface area contributed by atoms with Crippen LogP contribution in [0.25, 0.3) is 0 Å². The van der Waals surface area contributed by atoms with Crippen molar-refractivity contribution in [1.29, 1.82) is 0 Å². The summed E-state index contributed by atoms with van der Waals surface area (Å²) in [6.45, 7) is 2.68. The van der Waals surface area contributed by atoms with Gasteiger partial charge in [0.2, 0.25) is 0 Å². The Labute approximate surface area is 118 Å². The fraction of sp³-hybridized carbons (Fsp3) is 0.231. The Kier molecular flexibility index (Phi) is 4.43. The van der Waals surface area contributed by atoms with Gasteiger partial charge in [-0.3, -0.25) is 0 Å². The summed E-state index contributed by atoms with van der Waals surface area (Å²) < 4.78 is 19.8. The van der Waals surface area contributed by atoms with E-state index < -0.39 is 5.82 Å². The topological polar surface area (TPSA) is 25.2 Å². The standard InChI is InChI=1S/C13H12BrClFNO/c1-2-17-13(8-5-6-18-7-8)9-3-4-10(14)11(15)12(9)16/h3-7,13,17H,2H2,1H3. The van der Waals surface area contributed by atoms with Gasteiger partial charge in [0.15, 0.2) is 0 Å². The van der Waals surface area contributed by atoms with Crippen LogP contribution in [0.15, 0.2) is 39.6 Å². The predicted molar refractivity (Wildman–Crippen MR) is 73.3 cm³/mol. The molecular formula is C13H12BrClFNO. The molecule has 2 aromatic rings. The van der Waals surface area contributed by atoms with Gasteiger partial charge in [-0.25, -0.2) is 4.39 Å². The molecule has 0 aliphatic rings. The number of rotatable bonds is 4. The highest BCUT2D eigenvalue weighted by molar-refractivity contribution is 9.10. The summed E-state index contributed by atoms with van der Waals surface area (Å²) in [6, 6.07) is 5.00. The number of hydrogen-bond donors (Lipinski definition) is 1. The predicted octanol–water partition coefficient (Wildman–Crippen LogP) is 4.53. The minimum Gasteiger partial charge on any atom is -0.472 e. The van der Waals surface area contributed by atoms with Crippen LogP contribution in [0.1, 0.15) is 24.1 Å². The van der Waals surface area contributed by atoms with E-state index in [1.54, 1.807) is 24.7 Å². The molecule has 1 heterocycles. The van der Waals surface area contributed by atoms with E-state index in [0.29, 0.717) is 16.6 Å². The van der Waals surface area contributed by atoms with Crippen molar-refractivity contribution in [3.8, 4) is 0 Å². The van der Waals surface area contributed by atoms with Gasteiger partial charge < -0.3 is 9.73 Å². The highest BCUT2D eigenvalue weighted by atomic mass is 79.9. The number of halogens is 3. The fourth-order valence-corrected chi connectivity index (χ4v) is 2.29. The first kappa shape index (κ1) is 13.6. The summed E-state index contributed by atoms with van der Waals surface area (Å²) in [6.07, 6.45) is 3.17. The van der Waals surface area contributed by atoms with Crippen LogP contribution in [0.4, 0.5) is 4.39 Å². The average Bonchev–Trinajstić information content (AvgIpc) is 2.88. The van der Waals surface area contributed by atoms with Crippen molar-refractivity contribution in [2.45, 2.75) is 13.0 Å². The van der Waals surface area contributed by atoms with Gasteiger partial charge in [0.1, 0.15) is 5.82 Å². The van der Waals surface area contributed by atoms with Gasteiger partial charge in [-0.2, -0.15) is 0 Å². The molecule has 1 unspecified atom stereocenters. The Balaban J connectivity index is 2.47. The Bertz CT molecular complexity index is 530. The minimum atomic E-state index is -0.418. The van der Waals surface area contributed by atoms with Crippen LogP contribution in [0.2, 0.25) is 5.02 Å². The van der Waals surface area contributed by atoms with Crippen LogP contribution in [0, 0.1) is 5.82 Å². The largest absolute Gasteiger partial charge is 0.472 e. The maximum atomic E-state index is 14.2. The lowest BCUT2D eigenvalue weighted by atomic mass is 10.0. The monoisotopic (exact) mass is 331 g/mol. The SMILES string of the molecule is CCNC(c1ccoc1)c1ccc(Br)c(Cl)c1F. The molecule has 1 atom stereocenters. The van der Waals surface area contributed by atoms with Crippen molar-refractivity contribution in [2.24, 2.45) is 0 Å². The molecule has 0 fully saturated rings. The highest BCUT2D eigenvalue weighted by Gasteiger charge is 2.20. The maximum absolute atomic E-state index is 14.2. The van der Waals surface area contributed by atoms with Crippen molar-refractivity contribution >= 4 is 27.5 Å². The number of hydrogen-bond acceptors (Lipinski definition) is 2. The van der Waals surface area contributed by atoms with Crippen LogP contribution in [-0.4, -0.2) is 6.54 Å². The van der Waals surface area contributed by atoms with Gasteiger partial charge in [0.05, 0.1) is 23.6 Å². The zero-order chi connectivity index (χ0) is 13.1. The van der Waals surface area contributed by atoms with Crippen molar-refractivity contribution in [1.82, 2.24) is 5.32 Å². The molecule has 96 valence electrons. The van der Waals surface area contributed by atoms with Crippen LogP contribution in [-0.2, 0) is 0 Å². The lowest BCUT2D eigenvalue weighted by Crippen LogP contribution is -2.22. The molecule has 0 aliphatic heterocycles. The highest BCUT2D eigenvalue weighted by Crippen LogP contribution is 2.32. The summed E-state index contributed by atoms with van der Waals surface area (Å²) in [4.78, 5) is 0. The van der Waals surface area contributed by atoms with E-state index in [4.69, 9.17) is 16.0 Å². The number of nitrogens with one attached hydrogen (secondary N) is 1. The Morgan fingerprint density at radius 1 is 1.44 bits per heavy atom. The maximum Gasteiger partial charge on any atom is 0.148 e. The van der Waals surface area contributed by atoms with E-state index in [2.05, 4.69) is 21.2 Å². The van der Waals surface area contributed by atoms with E-state index in [-0.39, 0.29) is 11.1 Å². The van der Waals surface area contributed by atoms with Gasteiger partial charge >= 0.3 is 0 Å². The second-order valence-corrected chi connectivity index (χ2v) is 5.04. The van der Waals surface area contributed by atoms with Crippen molar-refractivity contribution in [3.05, 3.63) is 57.2 Å². The summed E-state index contributed by atoms with van der Waals surface area (Å²) >= 11 is 9.12. The smallest absolute Gasteiger partial charge is 0.148 e. The second-order valence-electron chi connectivity index (χ2n) is 3.81. The first-order valence-electron chi connectivity index (χ1n) is 5.54. The third-order valence-electron chi connectivity index (χ3n) is 2.66. The lowest BCUT2D eigenvalue weighted by Gasteiger charge is -2.18. The molecule has 2 nitrogen and oxygen atoms in total. The van der Waals surface area contributed by atoms with Crippen molar-refractivity contribution < 1.29 is 8.81 Å². The van der Waals surface area contributed by atoms with E-state index >= 15 is 0 Å². The van der Waals surface area contributed by atoms with Gasteiger partial charge in [-0.15, -0.1) is 0 Å². The molecule has 0 saturated heterocycles. The van der Waals surface area contributed by atoms with Gasteiger partial charge in [0, 0.05) is 15.6 Å². The normalized spacial score (nSPS) is 12.7. The second kappa shape index (κ2) is 5.87. The first-order valence-corrected chi connectivity index (χ1v) is 6.71. The van der Waals surface area contributed by atoms with Crippen LogP contribution in [0.3, 0.4) is 0 Å². The van der Waals surface area contributed by atoms with Crippen molar-refractivity contribution in [2.75, 3.05) is 6.54 Å². The van der Waals surface area contributed by atoms with Gasteiger partial charge in [0.25, 0.3) is 0 Å². The lowest BCUT2D eigenvalue weighted by molar-refractivity contribution is 0.538. The number of benzene rings is 1. The molecule has 0 saturated carbocycles. The third kappa shape index (κ3) is 2.60. The number of furan rings is 1. The Hall–Kier alpha value is -0.840. The average molecular weight is 333 g/mol. The summed E-state index contributed by atoms with van der Waals surface area (Å²) in [7, 11) is 0. The molecule has 5 heteroatoms. The van der Waals surface area contributed by atoms with Crippen molar-refractivity contribution in [3.63, 3.8) is 0 Å². The molecule has 2 rings (SSSR count). The third-order valence-corrected chi connectivity index (χ3v) is 3.92. The first-order chi connectivity index (χ1) is 8.65. The summed E-state index contributed by atoms with van der Waals surface area (Å²) in [5.74, 6) is -0.418. The van der Waals surface area contributed by atoms with Gasteiger partial charge in [-0.05, 0) is 34.6 Å². The molecule has 0 radical (unpaired) electrons. The molecule has 0 aliphatic carbocycles. The summed E-state index contributed by atoms with van der Waals surface area (Å²) in [5, 5.41) is 3.31. The van der Waals surface area contributed by atoms with E-state index in [9.17, 15) is 4.39 Å². The molecular weight excluding hydrogens is 321 g/mol. The molecule has 0 bridgehead atoms. The Morgan fingerprint density at radius 2 is 2.22 bits per heavy atom. The minimum absolute atomic E-state index is 0.0962. The Morgan fingerprint density at radius 3 is 2.83 bits per heavy atom. The van der Waals surface area contributed by atoms with E-state index in [0.717, 1.165) is 5.56 Å².